The Hall–Kier alpha value is -3.88. The summed E-state index contributed by atoms with van der Waals surface area (Å²) in [5.41, 5.74) is 9.46. The lowest BCUT2D eigenvalue weighted by molar-refractivity contribution is -0.116. The van der Waals surface area contributed by atoms with Gasteiger partial charge in [-0.3, -0.25) is 14.7 Å². The summed E-state index contributed by atoms with van der Waals surface area (Å²) in [5.74, 6) is -0.0196. The zero-order chi connectivity index (χ0) is 24.6. The van der Waals surface area contributed by atoms with Gasteiger partial charge in [0.05, 0.1) is 17.1 Å². The first-order valence-corrected chi connectivity index (χ1v) is 12.0. The van der Waals surface area contributed by atoms with Crippen LogP contribution in [0.3, 0.4) is 0 Å². The predicted octanol–water partition coefficient (Wildman–Crippen LogP) is 4.55. The van der Waals surface area contributed by atoms with E-state index in [1.54, 1.807) is 6.07 Å². The van der Waals surface area contributed by atoms with Gasteiger partial charge in [-0.2, -0.15) is 5.10 Å². The van der Waals surface area contributed by atoms with Crippen LogP contribution in [-0.4, -0.2) is 35.1 Å². The molecule has 0 atom stereocenters. The monoisotopic (exact) mass is 478 g/mol. The van der Waals surface area contributed by atoms with E-state index in [2.05, 4.69) is 26.1 Å². The normalized spacial score (nSPS) is 12.8. The maximum absolute atomic E-state index is 13.1. The average molecular weight is 479 g/mol. The summed E-state index contributed by atoms with van der Waals surface area (Å²) in [6.07, 6.45) is 5.15. The molecule has 0 spiro atoms. The standard InChI is InChI=1S/C26H31FN6O2/c27-19-9-12-22(21(28)14-19)31-25(34)4-2-1-3-13-29-26(35)24-15-23(32-33-24)18-7-10-20(11-8-18)30-16-17-5-6-17/h7-12,14-15,17,30H,1-6,13,16,28H2,(H,29,35)(H,31,34)(H,32,33). The van der Waals surface area contributed by atoms with Gasteiger partial charge in [-0.25, -0.2) is 4.39 Å². The zero-order valence-corrected chi connectivity index (χ0v) is 19.6. The van der Waals surface area contributed by atoms with E-state index in [0.29, 0.717) is 30.8 Å². The first-order valence-electron chi connectivity index (χ1n) is 12.0. The van der Waals surface area contributed by atoms with Crippen LogP contribution in [-0.2, 0) is 4.79 Å². The molecule has 0 aliphatic heterocycles. The number of nitrogens with two attached hydrogens (primary N) is 1. The van der Waals surface area contributed by atoms with Crippen LogP contribution < -0.4 is 21.7 Å². The molecule has 1 aromatic heterocycles. The second kappa shape index (κ2) is 11.5. The molecular formula is C26H31FN6O2. The Morgan fingerprint density at radius 1 is 1.06 bits per heavy atom. The maximum Gasteiger partial charge on any atom is 0.269 e. The van der Waals surface area contributed by atoms with Crippen LogP contribution in [0.5, 0.6) is 0 Å². The summed E-state index contributed by atoms with van der Waals surface area (Å²) < 4.78 is 13.1. The van der Waals surface area contributed by atoms with Crippen LogP contribution in [0.4, 0.5) is 21.5 Å². The molecule has 0 bridgehead atoms. The van der Waals surface area contributed by atoms with Gasteiger partial charge >= 0.3 is 0 Å². The Kier molecular flexibility index (Phi) is 7.97. The number of amides is 2. The SMILES string of the molecule is Nc1cc(F)ccc1NC(=O)CCCCCNC(=O)c1cc(-c2ccc(NCC3CC3)cc2)n[nH]1. The van der Waals surface area contributed by atoms with Gasteiger partial charge in [0, 0.05) is 30.8 Å². The third-order valence-corrected chi connectivity index (χ3v) is 5.95. The van der Waals surface area contributed by atoms with Crippen molar-refractivity contribution in [3.63, 3.8) is 0 Å². The van der Waals surface area contributed by atoms with Gasteiger partial charge < -0.3 is 21.7 Å². The number of hydrogen-bond donors (Lipinski definition) is 5. The topological polar surface area (TPSA) is 125 Å². The molecule has 9 heteroatoms. The van der Waals surface area contributed by atoms with Gasteiger partial charge in [0.1, 0.15) is 11.5 Å². The highest BCUT2D eigenvalue weighted by Gasteiger charge is 2.20. The molecule has 2 aromatic carbocycles. The van der Waals surface area contributed by atoms with Gasteiger partial charge in [0.25, 0.3) is 5.91 Å². The molecule has 0 radical (unpaired) electrons. The van der Waals surface area contributed by atoms with E-state index >= 15 is 0 Å². The fraction of sp³-hybridized carbons (Fsp3) is 0.346. The fourth-order valence-corrected chi connectivity index (χ4v) is 3.67. The molecule has 2 amide bonds. The van der Waals surface area contributed by atoms with E-state index < -0.39 is 5.82 Å². The van der Waals surface area contributed by atoms with Gasteiger partial charge in [-0.05, 0) is 68.0 Å². The maximum atomic E-state index is 13.1. The lowest BCUT2D eigenvalue weighted by Crippen LogP contribution is -2.24. The van der Waals surface area contributed by atoms with Crippen molar-refractivity contribution in [1.29, 1.82) is 0 Å². The molecule has 35 heavy (non-hydrogen) atoms. The highest BCUT2D eigenvalue weighted by Crippen LogP contribution is 2.29. The number of carbonyl (C=O) groups excluding carboxylic acids is 2. The Bertz CT molecular complexity index is 1160. The number of aromatic amines is 1. The van der Waals surface area contributed by atoms with Crippen molar-refractivity contribution >= 4 is 28.9 Å². The number of halogens is 1. The average Bonchev–Trinajstić information content (AvgIpc) is 3.55. The Balaban J connectivity index is 1.13. The molecule has 3 aromatic rings. The zero-order valence-electron chi connectivity index (χ0n) is 19.6. The third-order valence-electron chi connectivity index (χ3n) is 5.95. The van der Waals surface area contributed by atoms with Crippen molar-refractivity contribution in [3.8, 4) is 11.3 Å². The van der Waals surface area contributed by atoms with E-state index in [1.165, 1.54) is 31.0 Å². The molecular weight excluding hydrogens is 447 g/mol. The minimum absolute atomic E-state index is 0.177. The first-order chi connectivity index (χ1) is 17.0. The number of nitrogens with zero attached hydrogens (tertiary/aromatic N) is 1. The van der Waals surface area contributed by atoms with Crippen molar-refractivity contribution in [2.24, 2.45) is 5.92 Å². The van der Waals surface area contributed by atoms with Crippen LogP contribution in [0, 0.1) is 11.7 Å². The molecule has 1 aliphatic rings. The van der Waals surface area contributed by atoms with Gasteiger partial charge in [-0.1, -0.05) is 18.6 Å². The number of nitrogens with one attached hydrogen (secondary N) is 4. The summed E-state index contributed by atoms with van der Waals surface area (Å²) in [6.45, 7) is 1.52. The largest absolute Gasteiger partial charge is 0.397 e. The Morgan fingerprint density at radius 3 is 2.60 bits per heavy atom. The number of carbonyl (C=O) groups is 2. The molecule has 8 nitrogen and oxygen atoms in total. The molecule has 1 aliphatic carbocycles. The van der Waals surface area contributed by atoms with E-state index in [0.717, 1.165) is 42.2 Å². The molecule has 1 heterocycles. The number of aromatic nitrogens is 2. The molecule has 0 unspecified atom stereocenters. The van der Waals surface area contributed by atoms with Gasteiger partial charge in [0.2, 0.25) is 5.91 Å². The first kappa shape index (κ1) is 24.3. The molecule has 6 N–H and O–H groups in total. The number of hydrogen-bond acceptors (Lipinski definition) is 5. The van der Waals surface area contributed by atoms with Crippen molar-refractivity contribution < 1.29 is 14.0 Å². The number of unbranched alkanes of at least 4 members (excludes halogenated alkanes) is 2. The van der Waals surface area contributed by atoms with Crippen LogP contribution in [0.2, 0.25) is 0 Å². The lowest BCUT2D eigenvalue weighted by atomic mass is 10.1. The second-order valence-electron chi connectivity index (χ2n) is 8.91. The van der Waals surface area contributed by atoms with E-state index in [-0.39, 0.29) is 17.5 Å². The quantitative estimate of drug-likeness (QED) is 0.193. The van der Waals surface area contributed by atoms with Crippen LogP contribution in [0.25, 0.3) is 11.3 Å². The molecule has 1 saturated carbocycles. The molecule has 1 fully saturated rings. The number of benzene rings is 2. The van der Waals surface area contributed by atoms with Crippen molar-refractivity contribution in [1.82, 2.24) is 15.5 Å². The minimum atomic E-state index is -0.445. The summed E-state index contributed by atoms with van der Waals surface area (Å²) in [5, 5.41) is 16.1. The van der Waals surface area contributed by atoms with Crippen molar-refractivity contribution in [2.45, 2.75) is 38.5 Å². The van der Waals surface area contributed by atoms with Crippen molar-refractivity contribution in [3.05, 3.63) is 60.0 Å². The van der Waals surface area contributed by atoms with E-state index in [4.69, 9.17) is 5.73 Å². The van der Waals surface area contributed by atoms with E-state index in [9.17, 15) is 14.0 Å². The van der Waals surface area contributed by atoms with Crippen LogP contribution in [0.1, 0.15) is 49.0 Å². The Morgan fingerprint density at radius 2 is 1.86 bits per heavy atom. The lowest BCUT2D eigenvalue weighted by Gasteiger charge is -2.08. The molecule has 0 saturated heterocycles. The van der Waals surface area contributed by atoms with Gasteiger partial charge in [0.15, 0.2) is 0 Å². The number of rotatable bonds is 12. The summed E-state index contributed by atoms with van der Waals surface area (Å²) >= 11 is 0. The predicted molar refractivity (Wildman–Crippen MR) is 135 cm³/mol. The number of anilines is 3. The highest BCUT2D eigenvalue weighted by atomic mass is 19.1. The second-order valence-corrected chi connectivity index (χ2v) is 8.91. The van der Waals surface area contributed by atoms with Crippen LogP contribution in [0.15, 0.2) is 48.5 Å². The molecule has 4 rings (SSSR count). The van der Waals surface area contributed by atoms with Crippen LogP contribution >= 0.6 is 0 Å². The third kappa shape index (κ3) is 7.30. The Labute approximate surface area is 203 Å². The highest BCUT2D eigenvalue weighted by molar-refractivity contribution is 5.94. The van der Waals surface area contributed by atoms with Gasteiger partial charge in [-0.15, -0.1) is 0 Å². The molecule has 184 valence electrons. The number of nitrogen functional groups attached to an aromatic ring is 1. The van der Waals surface area contributed by atoms with Crippen molar-refractivity contribution in [2.75, 3.05) is 29.5 Å². The smallest absolute Gasteiger partial charge is 0.269 e. The summed E-state index contributed by atoms with van der Waals surface area (Å²) in [4.78, 5) is 24.4. The number of H-pyrrole nitrogens is 1. The summed E-state index contributed by atoms with van der Waals surface area (Å²) in [7, 11) is 0. The fourth-order valence-electron chi connectivity index (χ4n) is 3.67. The van der Waals surface area contributed by atoms with E-state index in [1.807, 2.05) is 24.3 Å². The minimum Gasteiger partial charge on any atom is -0.397 e. The summed E-state index contributed by atoms with van der Waals surface area (Å²) in [6, 6.07) is 13.7.